The Kier molecular flexibility index (Phi) is 2.53. The second-order valence-corrected chi connectivity index (χ2v) is 4.88. The Balaban J connectivity index is 2.24. The van der Waals surface area contributed by atoms with E-state index >= 15 is 0 Å². The molecule has 0 spiro atoms. The maximum atomic E-state index is 9.67. The lowest BCUT2D eigenvalue weighted by Gasteiger charge is -2.13. The standard InChI is InChI=1S/C9H11BrOS/c10-8-5-12-4-7(8)6-2-1-3-9(6)11/h4-6,9,11H,1-3H2/t6-,9+/m0/s1. The average Bonchev–Trinajstić information content (AvgIpc) is 2.59. The first-order chi connectivity index (χ1) is 5.79. The number of thiophene rings is 1. The molecule has 0 unspecified atom stereocenters. The topological polar surface area (TPSA) is 20.2 Å². The van der Waals surface area contributed by atoms with Gasteiger partial charge < -0.3 is 5.11 Å². The van der Waals surface area contributed by atoms with Crippen LogP contribution in [0, 0.1) is 0 Å². The molecular formula is C9H11BrOS. The predicted octanol–water partition coefficient (Wildman–Crippen LogP) is 3.14. The number of hydrogen-bond acceptors (Lipinski definition) is 2. The van der Waals surface area contributed by atoms with Crippen LogP contribution in [0.25, 0.3) is 0 Å². The molecule has 1 aliphatic rings. The third kappa shape index (κ3) is 1.45. The Morgan fingerprint density at radius 2 is 2.25 bits per heavy atom. The van der Waals surface area contributed by atoms with E-state index in [9.17, 15) is 5.11 Å². The number of hydrogen-bond donors (Lipinski definition) is 1. The van der Waals surface area contributed by atoms with Crippen molar-refractivity contribution in [1.29, 1.82) is 0 Å². The van der Waals surface area contributed by atoms with Crippen LogP contribution in [0.4, 0.5) is 0 Å². The van der Waals surface area contributed by atoms with Gasteiger partial charge in [0.2, 0.25) is 0 Å². The van der Waals surface area contributed by atoms with Crippen molar-refractivity contribution < 1.29 is 5.11 Å². The highest BCUT2D eigenvalue weighted by Gasteiger charge is 2.28. The van der Waals surface area contributed by atoms with Crippen molar-refractivity contribution in [3.05, 3.63) is 20.8 Å². The number of aliphatic hydroxyl groups is 1. The van der Waals surface area contributed by atoms with E-state index in [2.05, 4.69) is 26.7 Å². The Hall–Kier alpha value is 0.140. The summed E-state index contributed by atoms with van der Waals surface area (Å²) in [5.41, 5.74) is 1.30. The van der Waals surface area contributed by atoms with Crippen LogP contribution < -0.4 is 0 Å². The second kappa shape index (κ2) is 3.48. The van der Waals surface area contributed by atoms with Gasteiger partial charge in [-0.2, -0.15) is 11.3 Å². The minimum atomic E-state index is -0.115. The highest BCUT2D eigenvalue weighted by Crippen LogP contribution is 2.39. The zero-order valence-electron chi connectivity index (χ0n) is 6.66. The molecule has 2 rings (SSSR count). The molecule has 1 fully saturated rings. The molecule has 1 saturated carbocycles. The van der Waals surface area contributed by atoms with E-state index in [0.717, 1.165) is 19.3 Å². The quantitative estimate of drug-likeness (QED) is 0.808. The van der Waals surface area contributed by atoms with Crippen molar-refractivity contribution in [2.24, 2.45) is 0 Å². The first kappa shape index (κ1) is 8.73. The molecule has 0 aromatic carbocycles. The normalized spacial score (nSPS) is 29.5. The van der Waals surface area contributed by atoms with Crippen LogP contribution in [0.5, 0.6) is 0 Å². The molecule has 0 amide bonds. The molecule has 1 nitrogen and oxygen atoms in total. The largest absolute Gasteiger partial charge is 0.392 e. The molecule has 0 aliphatic heterocycles. The lowest BCUT2D eigenvalue weighted by Crippen LogP contribution is -2.10. The van der Waals surface area contributed by atoms with Crippen LogP contribution in [0.1, 0.15) is 30.7 Å². The monoisotopic (exact) mass is 246 g/mol. The molecular weight excluding hydrogens is 236 g/mol. The molecule has 1 aliphatic carbocycles. The van der Waals surface area contributed by atoms with Gasteiger partial charge in [0.1, 0.15) is 0 Å². The van der Waals surface area contributed by atoms with Gasteiger partial charge in [-0.25, -0.2) is 0 Å². The van der Waals surface area contributed by atoms with Gasteiger partial charge in [0.05, 0.1) is 6.10 Å². The summed E-state index contributed by atoms with van der Waals surface area (Å²) in [7, 11) is 0. The van der Waals surface area contributed by atoms with Crippen LogP contribution in [-0.4, -0.2) is 11.2 Å². The summed E-state index contributed by atoms with van der Waals surface area (Å²) in [4.78, 5) is 0. The van der Waals surface area contributed by atoms with E-state index in [1.54, 1.807) is 11.3 Å². The summed E-state index contributed by atoms with van der Waals surface area (Å²) in [6.45, 7) is 0. The predicted molar refractivity (Wildman–Crippen MR) is 54.6 cm³/mol. The Morgan fingerprint density at radius 1 is 1.42 bits per heavy atom. The molecule has 1 aromatic heterocycles. The maximum Gasteiger partial charge on any atom is 0.0609 e. The molecule has 1 heterocycles. The highest BCUT2D eigenvalue weighted by molar-refractivity contribution is 9.10. The third-order valence-corrected chi connectivity index (χ3v) is 4.27. The molecule has 1 aromatic rings. The lowest BCUT2D eigenvalue weighted by molar-refractivity contribution is 0.164. The molecule has 2 atom stereocenters. The van der Waals surface area contributed by atoms with Crippen molar-refractivity contribution in [2.75, 3.05) is 0 Å². The molecule has 0 bridgehead atoms. The van der Waals surface area contributed by atoms with E-state index in [0.29, 0.717) is 5.92 Å². The van der Waals surface area contributed by atoms with Crippen LogP contribution in [0.2, 0.25) is 0 Å². The van der Waals surface area contributed by atoms with Crippen LogP contribution in [-0.2, 0) is 0 Å². The average molecular weight is 247 g/mol. The third-order valence-electron chi connectivity index (χ3n) is 2.52. The summed E-state index contributed by atoms with van der Waals surface area (Å²) in [6, 6.07) is 0. The van der Waals surface area contributed by atoms with E-state index in [4.69, 9.17) is 0 Å². The van der Waals surface area contributed by atoms with Crippen molar-refractivity contribution in [2.45, 2.75) is 31.3 Å². The van der Waals surface area contributed by atoms with Crippen LogP contribution in [0.3, 0.4) is 0 Å². The van der Waals surface area contributed by atoms with Crippen molar-refractivity contribution in [3.8, 4) is 0 Å². The van der Waals surface area contributed by atoms with Gasteiger partial charge in [-0.15, -0.1) is 0 Å². The SMILES string of the molecule is O[C@@H]1CCC[C@H]1c1cscc1Br. The molecule has 1 N–H and O–H groups in total. The Labute approximate surface area is 84.6 Å². The number of rotatable bonds is 1. The number of halogens is 1. The Bertz CT molecular complexity index is 271. The lowest BCUT2D eigenvalue weighted by atomic mass is 9.99. The van der Waals surface area contributed by atoms with Gasteiger partial charge in [-0.05, 0) is 39.7 Å². The minimum absolute atomic E-state index is 0.115. The zero-order chi connectivity index (χ0) is 8.55. The summed E-state index contributed by atoms with van der Waals surface area (Å²) >= 11 is 5.20. The first-order valence-electron chi connectivity index (χ1n) is 4.18. The van der Waals surface area contributed by atoms with Crippen LogP contribution >= 0.6 is 27.3 Å². The molecule has 0 radical (unpaired) electrons. The highest BCUT2D eigenvalue weighted by atomic mass is 79.9. The van der Waals surface area contributed by atoms with E-state index in [1.807, 2.05) is 0 Å². The summed E-state index contributed by atoms with van der Waals surface area (Å²) < 4.78 is 1.17. The smallest absolute Gasteiger partial charge is 0.0609 e. The summed E-state index contributed by atoms with van der Waals surface area (Å²) in [5, 5.41) is 13.9. The van der Waals surface area contributed by atoms with Crippen molar-refractivity contribution in [3.63, 3.8) is 0 Å². The Morgan fingerprint density at radius 3 is 2.75 bits per heavy atom. The summed E-state index contributed by atoms with van der Waals surface area (Å²) in [6.07, 6.45) is 3.15. The molecule has 66 valence electrons. The van der Waals surface area contributed by atoms with Crippen molar-refractivity contribution in [1.82, 2.24) is 0 Å². The minimum Gasteiger partial charge on any atom is -0.392 e. The van der Waals surface area contributed by atoms with Gasteiger partial charge in [0.15, 0.2) is 0 Å². The fourth-order valence-electron chi connectivity index (χ4n) is 1.86. The first-order valence-corrected chi connectivity index (χ1v) is 5.92. The zero-order valence-corrected chi connectivity index (χ0v) is 9.07. The van der Waals surface area contributed by atoms with Crippen LogP contribution in [0.15, 0.2) is 15.2 Å². The second-order valence-electron chi connectivity index (χ2n) is 3.28. The van der Waals surface area contributed by atoms with E-state index < -0.39 is 0 Å². The van der Waals surface area contributed by atoms with E-state index in [1.165, 1.54) is 10.0 Å². The van der Waals surface area contributed by atoms with Gasteiger partial charge >= 0.3 is 0 Å². The van der Waals surface area contributed by atoms with E-state index in [-0.39, 0.29) is 6.10 Å². The van der Waals surface area contributed by atoms with Gasteiger partial charge in [0.25, 0.3) is 0 Å². The van der Waals surface area contributed by atoms with Gasteiger partial charge in [0, 0.05) is 15.8 Å². The fraction of sp³-hybridized carbons (Fsp3) is 0.556. The van der Waals surface area contributed by atoms with Gasteiger partial charge in [-0.3, -0.25) is 0 Å². The van der Waals surface area contributed by atoms with Crippen molar-refractivity contribution >= 4 is 27.3 Å². The maximum absolute atomic E-state index is 9.67. The van der Waals surface area contributed by atoms with Gasteiger partial charge in [-0.1, -0.05) is 6.42 Å². The molecule has 0 saturated heterocycles. The molecule has 12 heavy (non-hydrogen) atoms. The number of aliphatic hydroxyl groups excluding tert-OH is 1. The molecule has 3 heteroatoms. The summed E-state index contributed by atoms with van der Waals surface area (Å²) in [5.74, 6) is 0.380. The fourth-order valence-corrected chi connectivity index (χ4v) is 3.51.